The highest BCUT2D eigenvalue weighted by Gasteiger charge is 2.31. The lowest BCUT2D eigenvalue weighted by molar-refractivity contribution is -0.119. The zero-order valence-corrected chi connectivity index (χ0v) is 15.6. The molecule has 0 saturated heterocycles. The zero-order valence-electron chi connectivity index (χ0n) is 14.7. The van der Waals surface area contributed by atoms with E-state index in [2.05, 4.69) is 19.1 Å². The van der Waals surface area contributed by atoms with Crippen molar-refractivity contribution in [1.82, 2.24) is 0 Å². The van der Waals surface area contributed by atoms with Crippen LogP contribution in [0.3, 0.4) is 0 Å². The van der Waals surface area contributed by atoms with Gasteiger partial charge >= 0.3 is 0 Å². The van der Waals surface area contributed by atoms with Crippen molar-refractivity contribution in [2.24, 2.45) is 5.73 Å². The minimum absolute atomic E-state index is 0.0273. The van der Waals surface area contributed by atoms with Crippen molar-refractivity contribution in [2.45, 2.75) is 25.3 Å². The Morgan fingerprint density at radius 3 is 2.80 bits per heavy atom. The van der Waals surface area contributed by atoms with Crippen LogP contribution in [-0.2, 0) is 4.79 Å². The van der Waals surface area contributed by atoms with E-state index in [1.165, 1.54) is 5.56 Å². The fourth-order valence-electron chi connectivity index (χ4n) is 3.48. The number of fused-ring (bicyclic) bond motifs is 3. The van der Waals surface area contributed by atoms with Gasteiger partial charge in [0, 0.05) is 17.8 Å². The number of rotatable bonds is 4. The predicted molar refractivity (Wildman–Crippen MR) is 108 cm³/mol. The molecule has 0 saturated carbocycles. The van der Waals surface area contributed by atoms with Gasteiger partial charge in [-0.2, -0.15) is 11.8 Å². The molecule has 0 spiro atoms. The second-order valence-electron chi connectivity index (χ2n) is 6.57. The van der Waals surface area contributed by atoms with E-state index < -0.39 is 6.04 Å². The maximum atomic E-state index is 13.1. The van der Waals surface area contributed by atoms with E-state index in [-0.39, 0.29) is 11.8 Å². The van der Waals surface area contributed by atoms with Gasteiger partial charge in [-0.1, -0.05) is 37.3 Å². The Balaban J connectivity index is 2.09. The van der Waals surface area contributed by atoms with Crippen molar-refractivity contribution in [3.63, 3.8) is 0 Å². The summed E-state index contributed by atoms with van der Waals surface area (Å²) in [5, 5.41) is 0. The number of carbonyl (C=O) groups is 1. The highest BCUT2D eigenvalue weighted by molar-refractivity contribution is 7.98. The summed E-state index contributed by atoms with van der Waals surface area (Å²) in [6.07, 6.45) is 2.70. The largest absolute Gasteiger partial charge is 0.398 e. The van der Waals surface area contributed by atoms with Crippen LogP contribution >= 0.6 is 11.8 Å². The minimum atomic E-state index is -0.491. The highest BCUT2D eigenvalue weighted by atomic mass is 32.2. The summed E-state index contributed by atoms with van der Waals surface area (Å²) in [4.78, 5) is 14.9. The van der Waals surface area contributed by atoms with E-state index in [1.807, 2.05) is 41.5 Å². The van der Waals surface area contributed by atoms with Gasteiger partial charge in [-0.3, -0.25) is 4.79 Å². The van der Waals surface area contributed by atoms with E-state index in [0.717, 1.165) is 22.6 Å². The molecule has 1 aliphatic heterocycles. The van der Waals surface area contributed by atoms with Gasteiger partial charge in [0.05, 0.1) is 11.7 Å². The number of hydrogen-bond donors (Lipinski definition) is 2. The number of nitrogen functional groups attached to an aromatic ring is 1. The quantitative estimate of drug-likeness (QED) is 0.824. The number of benzene rings is 2. The number of nitrogens with two attached hydrogens (primary N) is 2. The molecule has 0 radical (unpaired) electrons. The Kier molecular flexibility index (Phi) is 5.35. The molecule has 2 aromatic carbocycles. The average molecular weight is 356 g/mol. The molecule has 0 aromatic heterocycles. The molecule has 4 nitrogen and oxygen atoms in total. The van der Waals surface area contributed by atoms with Crippen molar-refractivity contribution in [1.29, 1.82) is 0 Å². The molecule has 1 heterocycles. The van der Waals surface area contributed by atoms with Crippen molar-refractivity contribution < 1.29 is 4.79 Å². The van der Waals surface area contributed by atoms with E-state index in [1.54, 1.807) is 11.8 Å². The molecule has 2 aromatic rings. The smallest absolute Gasteiger partial charge is 0.243 e. The minimum Gasteiger partial charge on any atom is -0.398 e. The van der Waals surface area contributed by atoms with Crippen LogP contribution in [0.15, 0.2) is 42.5 Å². The molecule has 0 aliphatic carbocycles. The van der Waals surface area contributed by atoms with Crippen molar-refractivity contribution in [2.75, 3.05) is 29.2 Å². The van der Waals surface area contributed by atoms with Crippen LogP contribution in [0.25, 0.3) is 11.1 Å². The Bertz CT molecular complexity index is 777. The third-order valence-corrected chi connectivity index (χ3v) is 5.44. The van der Waals surface area contributed by atoms with Gasteiger partial charge in [-0.25, -0.2) is 0 Å². The van der Waals surface area contributed by atoms with Crippen molar-refractivity contribution in [3.8, 4) is 11.1 Å². The van der Waals surface area contributed by atoms with Gasteiger partial charge in [0.1, 0.15) is 0 Å². The first-order valence-electron chi connectivity index (χ1n) is 8.58. The molecular weight excluding hydrogens is 330 g/mol. The fraction of sp³-hybridized carbons (Fsp3) is 0.350. The second-order valence-corrected chi connectivity index (χ2v) is 7.55. The number of carbonyl (C=O) groups excluding carboxylic acids is 1. The summed E-state index contributed by atoms with van der Waals surface area (Å²) < 4.78 is 0. The molecular formula is C20H25N3OS. The molecule has 1 amide bonds. The SMILES string of the molecule is CSCC[C@H](N)C(=O)N1CC(C)c2ccccc2-c2c(N)cccc21. The normalized spacial score (nSPS) is 17.4. The molecule has 0 fully saturated rings. The number of nitrogens with zero attached hydrogens (tertiary/aromatic N) is 1. The highest BCUT2D eigenvalue weighted by Crippen LogP contribution is 2.43. The average Bonchev–Trinajstić information content (AvgIpc) is 2.75. The first-order valence-corrected chi connectivity index (χ1v) is 9.97. The van der Waals surface area contributed by atoms with Crippen LogP contribution in [0.2, 0.25) is 0 Å². The van der Waals surface area contributed by atoms with E-state index in [4.69, 9.17) is 11.5 Å². The van der Waals surface area contributed by atoms with Crippen LogP contribution in [0.5, 0.6) is 0 Å². The number of hydrogen-bond acceptors (Lipinski definition) is 4. The summed E-state index contributed by atoms with van der Waals surface area (Å²) in [5.74, 6) is 1.06. The lowest BCUT2D eigenvalue weighted by atomic mass is 9.92. The molecule has 132 valence electrons. The fourth-order valence-corrected chi connectivity index (χ4v) is 3.97. The molecule has 5 heteroatoms. The Labute approximate surface area is 153 Å². The number of amides is 1. The van der Waals surface area contributed by atoms with Crippen molar-refractivity contribution >= 4 is 29.0 Å². The molecule has 1 aliphatic rings. The monoisotopic (exact) mass is 355 g/mol. The van der Waals surface area contributed by atoms with Gasteiger partial charge in [-0.15, -0.1) is 0 Å². The maximum Gasteiger partial charge on any atom is 0.243 e. The summed E-state index contributed by atoms with van der Waals surface area (Å²) in [7, 11) is 0. The van der Waals surface area contributed by atoms with Crippen LogP contribution in [0.4, 0.5) is 11.4 Å². The van der Waals surface area contributed by atoms with E-state index in [0.29, 0.717) is 18.7 Å². The molecule has 3 rings (SSSR count). The Morgan fingerprint density at radius 2 is 2.04 bits per heavy atom. The topological polar surface area (TPSA) is 72.4 Å². The van der Waals surface area contributed by atoms with Crippen LogP contribution in [0, 0.1) is 0 Å². The first-order chi connectivity index (χ1) is 12.0. The lowest BCUT2D eigenvalue weighted by Gasteiger charge is -2.28. The number of thioether (sulfide) groups is 1. The standard InChI is InChI=1S/C20H25N3OS/c1-13-12-23(20(24)17(22)10-11-25-2)18-9-5-8-16(21)19(18)15-7-4-3-6-14(13)15/h3-9,13,17H,10-12,21-22H2,1-2H3/t13?,17-/m0/s1. The van der Waals surface area contributed by atoms with Gasteiger partial charge < -0.3 is 16.4 Å². The van der Waals surface area contributed by atoms with Crippen LogP contribution in [-0.4, -0.2) is 30.5 Å². The Hall–Kier alpha value is -1.98. The first kappa shape index (κ1) is 17.8. The van der Waals surface area contributed by atoms with Gasteiger partial charge in [0.25, 0.3) is 0 Å². The maximum absolute atomic E-state index is 13.1. The summed E-state index contributed by atoms with van der Waals surface area (Å²) in [6.45, 7) is 2.76. The summed E-state index contributed by atoms with van der Waals surface area (Å²) in [6, 6.07) is 13.5. The summed E-state index contributed by atoms with van der Waals surface area (Å²) in [5.41, 5.74) is 17.3. The van der Waals surface area contributed by atoms with Gasteiger partial charge in [0.15, 0.2) is 0 Å². The van der Waals surface area contributed by atoms with E-state index in [9.17, 15) is 4.79 Å². The van der Waals surface area contributed by atoms with E-state index >= 15 is 0 Å². The lowest BCUT2D eigenvalue weighted by Crippen LogP contribution is -2.45. The molecule has 1 unspecified atom stereocenters. The predicted octanol–water partition coefficient (Wildman–Crippen LogP) is 3.47. The van der Waals surface area contributed by atoms with Crippen LogP contribution < -0.4 is 16.4 Å². The third kappa shape index (κ3) is 3.39. The Morgan fingerprint density at radius 1 is 1.28 bits per heavy atom. The van der Waals surface area contributed by atoms with Gasteiger partial charge in [-0.05, 0) is 47.6 Å². The third-order valence-electron chi connectivity index (χ3n) is 4.80. The van der Waals surface area contributed by atoms with Gasteiger partial charge in [0.2, 0.25) is 5.91 Å². The van der Waals surface area contributed by atoms with Crippen molar-refractivity contribution in [3.05, 3.63) is 48.0 Å². The molecule has 4 N–H and O–H groups in total. The zero-order chi connectivity index (χ0) is 18.0. The van der Waals surface area contributed by atoms with Crippen LogP contribution in [0.1, 0.15) is 24.8 Å². The summed E-state index contributed by atoms with van der Waals surface area (Å²) >= 11 is 1.71. The number of anilines is 2. The molecule has 25 heavy (non-hydrogen) atoms. The molecule has 2 atom stereocenters. The molecule has 0 bridgehead atoms. The second kappa shape index (κ2) is 7.50.